The first kappa shape index (κ1) is 22.3. The molecule has 0 unspecified atom stereocenters. The Balaban J connectivity index is 1.65. The third kappa shape index (κ3) is 4.11. The summed E-state index contributed by atoms with van der Waals surface area (Å²) in [5.74, 6) is -0.120. The summed E-state index contributed by atoms with van der Waals surface area (Å²) < 4.78 is 62.1. The normalized spacial score (nSPS) is 15.8. The molecule has 0 aliphatic carbocycles. The molecule has 4 nitrogen and oxygen atoms in total. The van der Waals surface area contributed by atoms with Gasteiger partial charge in [0.05, 0.1) is 13.2 Å². The first-order chi connectivity index (χ1) is 15.0. The van der Waals surface area contributed by atoms with Crippen LogP contribution in [0, 0.1) is 5.82 Å². The summed E-state index contributed by atoms with van der Waals surface area (Å²) in [4.78, 5) is 4.02. The summed E-state index contributed by atoms with van der Waals surface area (Å²) in [7, 11) is 0. The van der Waals surface area contributed by atoms with Gasteiger partial charge in [0.25, 0.3) is 0 Å². The Morgan fingerprint density at radius 3 is 2.69 bits per heavy atom. The molecule has 4 rings (SSSR count). The lowest BCUT2D eigenvalue weighted by Gasteiger charge is -2.38. The maximum atomic E-state index is 14.2. The van der Waals surface area contributed by atoms with Crippen LogP contribution >= 0.6 is 0 Å². The summed E-state index contributed by atoms with van der Waals surface area (Å²) >= 11 is 0. The molecule has 1 atom stereocenters. The average molecular weight is 448 g/mol. The maximum Gasteiger partial charge on any atom is 0.418 e. The fourth-order valence-electron chi connectivity index (χ4n) is 4.38. The topological polar surface area (TPSA) is 54.4 Å². The molecule has 170 valence electrons. The molecule has 2 aromatic carbocycles. The fourth-order valence-corrected chi connectivity index (χ4v) is 4.38. The molecule has 0 saturated carbocycles. The van der Waals surface area contributed by atoms with Crippen LogP contribution in [0.25, 0.3) is 10.8 Å². The van der Waals surface area contributed by atoms with E-state index in [1.54, 1.807) is 50.5 Å². The van der Waals surface area contributed by atoms with Gasteiger partial charge in [-0.1, -0.05) is 26.0 Å². The van der Waals surface area contributed by atoms with Crippen molar-refractivity contribution in [3.63, 3.8) is 0 Å². The smallest absolute Gasteiger partial charge is 0.418 e. The van der Waals surface area contributed by atoms with Crippen LogP contribution in [0.2, 0.25) is 0 Å². The van der Waals surface area contributed by atoms with Crippen molar-refractivity contribution in [2.45, 2.75) is 43.9 Å². The van der Waals surface area contributed by atoms with Crippen LogP contribution < -0.4 is 10.1 Å². The van der Waals surface area contributed by atoms with Crippen molar-refractivity contribution in [2.75, 3.05) is 18.5 Å². The van der Waals surface area contributed by atoms with E-state index in [4.69, 9.17) is 4.74 Å². The van der Waals surface area contributed by atoms with Crippen LogP contribution in [0.3, 0.4) is 0 Å². The van der Waals surface area contributed by atoms with Gasteiger partial charge in [-0.2, -0.15) is 13.2 Å². The van der Waals surface area contributed by atoms with Crippen LogP contribution in [-0.2, 0) is 11.8 Å². The molecular formula is C24H24F4N2O2. The zero-order valence-electron chi connectivity index (χ0n) is 17.8. The second kappa shape index (κ2) is 7.92. The number of aromatic nitrogens is 1. The highest BCUT2D eigenvalue weighted by atomic mass is 19.4. The van der Waals surface area contributed by atoms with Gasteiger partial charge in [-0.3, -0.25) is 4.98 Å². The van der Waals surface area contributed by atoms with Gasteiger partial charge in [0.15, 0.2) is 5.60 Å². The molecule has 3 aromatic rings. The first-order valence-electron chi connectivity index (χ1n) is 10.3. The summed E-state index contributed by atoms with van der Waals surface area (Å²) in [5, 5.41) is 15.1. The summed E-state index contributed by atoms with van der Waals surface area (Å²) in [6.45, 7) is 2.71. The van der Waals surface area contributed by atoms with Crippen molar-refractivity contribution in [1.82, 2.24) is 4.98 Å². The largest absolute Gasteiger partial charge is 0.493 e. The van der Waals surface area contributed by atoms with E-state index < -0.39 is 36.0 Å². The number of hydrogen-bond donors (Lipinski definition) is 2. The lowest BCUT2D eigenvalue weighted by molar-refractivity contribution is -0.260. The van der Waals surface area contributed by atoms with E-state index >= 15 is 0 Å². The zero-order valence-corrected chi connectivity index (χ0v) is 17.8. The van der Waals surface area contributed by atoms with E-state index in [2.05, 4.69) is 10.3 Å². The monoisotopic (exact) mass is 448 g/mol. The number of anilines is 1. The van der Waals surface area contributed by atoms with Gasteiger partial charge in [0, 0.05) is 46.4 Å². The standard InChI is InChI=1S/C24H24F4N2O2/c1-22(2,19-11-17(25)10-15-7-9-32-21(15)19)13-23(31,24(26,27)28)14-30-20-5-3-4-16-12-29-8-6-18(16)20/h3-6,8,10-12,30-31H,7,9,13-14H2,1-2H3/t23-/m1/s1. The third-order valence-corrected chi connectivity index (χ3v) is 5.99. The molecule has 0 radical (unpaired) electrons. The molecule has 1 aliphatic heterocycles. The second-order valence-corrected chi connectivity index (χ2v) is 8.89. The molecule has 0 amide bonds. The predicted molar refractivity (Wildman–Crippen MR) is 114 cm³/mol. The van der Waals surface area contributed by atoms with Gasteiger partial charge >= 0.3 is 6.18 Å². The van der Waals surface area contributed by atoms with Gasteiger partial charge in [-0.15, -0.1) is 0 Å². The Kier molecular flexibility index (Phi) is 5.53. The molecule has 0 spiro atoms. The Hall–Kier alpha value is -2.87. The summed E-state index contributed by atoms with van der Waals surface area (Å²) in [5.41, 5.74) is -2.87. The van der Waals surface area contributed by atoms with Crippen molar-refractivity contribution in [3.05, 3.63) is 65.7 Å². The SMILES string of the molecule is CC(C)(C[C@@](O)(CNc1cccc2cnccc12)C(F)(F)F)c1cc(F)cc2c1OCC2. The number of nitrogens with zero attached hydrogens (tertiary/aromatic N) is 1. The van der Waals surface area contributed by atoms with Gasteiger partial charge in [0.2, 0.25) is 0 Å². The molecule has 0 bridgehead atoms. The highest BCUT2D eigenvalue weighted by Crippen LogP contribution is 2.46. The van der Waals surface area contributed by atoms with Crippen molar-refractivity contribution < 1.29 is 27.4 Å². The van der Waals surface area contributed by atoms with E-state index in [0.29, 0.717) is 41.0 Å². The number of ether oxygens (including phenoxy) is 1. The van der Waals surface area contributed by atoms with Gasteiger partial charge < -0.3 is 15.2 Å². The minimum absolute atomic E-state index is 0.323. The number of nitrogens with one attached hydrogen (secondary N) is 1. The molecule has 1 aromatic heterocycles. The molecule has 0 saturated heterocycles. The number of rotatable bonds is 6. The zero-order chi connectivity index (χ0) is 23.1. The van der Waals surface area contributed by atoms with Crippen molar-refractivity contribution in [3.8, 4) is 5.75 Å². The Morgan fingerprint density at radius 1 is 1.16 bits per heavy atom. The summed E-state index contributed by atoms with van der Waals surface area (Å²) in [6, 6.07) is 9.40. The second-order valence-electron chi connectivity index (χ2n) is 8.89. The van der Waals surface area contributed by atoms with E-state index in [9.17, 15) is 22.7 Å². The van der Waals surface area contributed by atoms with E-state index in [1.807, 2.05) is 0 Å². The number of fused-ring (bicyclic) bond motifs is 2. The first-order valence-corrected chi connectivity index (χ1v) is 10.3. The number of benzene rings is 2. The predicted octanol–water partition coefficient (Wildman–Crippen LogP) is 5.38. The van der Waals surface area contributed by atoms with E-state index in [0.717, 1.165) is 5.39 Å². The molecule has 2 N–H and O–H groups in total. The lowest BCUT2D eigenvalue weighted by Crippen LogP contribution is -2.53. The van der Waals surface area contributed by atoms with Crippen molar-refractivity contribution in [1.29, 1.82) is 0 Å². The number of pyridine rings is 1. The van der Waals surface area contributed by atoms with Crippen LogP contribution in [0.4, 0.5) is 23.2 Å². The number of halogens is 4. The number of hydrogen-bond acceptors (Lipinski definition) is 4. The molecule has 1 aliphatic rings. The minimum atomic E-state index is -4.92. The Labute approximate surface area is 183 Å². The molecule has 0 fully saturated rings. The Morgan fingerprint density at radius 2 is 1.94 bits per heavy atom. The average Bonchev–Trinajstić information content (AvgIpc) is 3.18. The van der Waals surface area contributed by atoms with Crippen molar-refractivity contribution >= 4 is 16.5 Å². The van der Waals surface area contributed by atoms with E-state index in [-0.39, 0.29) is 0 Å². The lowest BCUT2D eigenvalue weighted by atomic mass is 9.74. The van der Waals surface area contributed by atoms with Crippen molar-refractivity contribution in [2.24, 2.45) is 0 Å². The van der Waals surface area contributed by atoms with Gasteiger partial charge in [0.1, 0.15) is 11.6 Å². The van der Waals surface area contributed by atoms with Crippen LogP contribution in [0.1, 0.15) is 31.4 Å². The molecule has 32 heavy (non-hydrogen) atoms. The van der Waals surface area contributed by atoms with Gasteiger partial charge in [-0.05, 0) is 36.1 Å². The quantitative estimate of drug-likeness (QED) is 0.497. The molecule has 8 heteroatoms. The number of alkyl halides is 3. The van der Waals surface area contributed by atoms with Crippen LogP contribution in [-0.4, -0.2) is 35.0 Å². The number of aliphatic hydroxyl groups is 1. The highest BCUT2D eigenvalue weighted by molar-refractivity contribution is 5.93. The van der Waals surface area contributed by atoms with Crippen LogP contribution in [0.5, 0.6) is 5.75 Å². The molecule has 2 heterocycles. The molecular weight excluding hydrogens is 424 g/mol. The minimum Gasteiger partial charge on any atom is -0.493 e. The highest BCUT2D eigenvalue weighted by Gasteiger charge is 2.56. The fraction of sp³-hybridized carbons (Fsp3) is 0.375. The summed E-state index contributed by atoms with van der Waals surface area (Å²) in [6.07, 6.45) is -1.93. The van der Waals surface area contributed by atoms with Gasteiger partial charge in [-0.25, -0.2) is 4.39 Å². The third-order valence-electron chi connectivity index (χ3n) is 5.99. The maximum absolute atomic E-state index is 14.2. The van der Waals surface area contributed by atoms with E-state index in [1.165, 1.54) is 12.1 Å². The Bertz CT molecular complexity index is 1140. The van der Waals surface area contributed by atoms with Crippen LogP contribution in [0.15, 0.2) is 48.8 Å².